The van der Waals surface area contributed by atoms with Crippen LogP contribution in [0.4, 0.5) is 0 Å². The van der Waals surface area contributed by atoms with E-state index in [1.54, 1.807) is 0 Å². The van der Waals surface area contributed by atoms with E-state index in [0.29, 0.717) is 11.3 Å². The molecule has 0 aliphatic rings. The zero-order chi connectivity index (χ0) is 23.5. The predicted octanol–water partition coefficient (Wildman–Crippen LogP) is 7.41. The molecule has 0 saturated heterocycles. The van der Waals surface area contributed by atoms with Crippen LogP contribution in [0.5, 0.6) is 0 Å². The van der Waals surface area contributed by atoms with E-state index in [1.807, 2.05) is 0 Å². The number of halogens is 2. The minimum atomic E-state index is -0.448. The Balaban J connectivity index is 0.000000968. The van der Waals surface area contributed by atoms with Crippen LogP contribution < -0.4 is 21.2 Å². The van der Waals surface area contributed by atoms with Crippen LogP contribution in [0.3, 0.4) is 0 Å². The molecule has 0 radical (unpaired) electrons. The van der Waals surface area contributed by atoms with Gasteiger partial charge in [-0.25, -0.2) is 0 Å². The van der Waals surface area contributed by atoms with Crippen molar-refractivity contribution < 1.29 is 15.9 Å². The van der Waals surface area contributed by atoms with Crippen LogP contribution in [0.25, 0.3) is 0 Å². The average molecular weight is 604 g/mol. The van der Waals surface area contributed by atoms with E-state index in [1.165, 1.54) is 21.2 Å². The van der Waals surface area contributed by atoms with Crippen LogP contribution in [-0.4, -0.2) is 11.3 Å². The summed E-state index contributed by atoms with van der Waals surface area (Å²) in [6.07, 6.45) is 0. The van der Waals surface area contributed by atoms with Crippen LogP contribution >= 0.6 is 34.9 Å². The Morgan fingerprint density at radius 1 is 0.455 bits per heavy atom. The van der Waals surface area contributed by atoms with E-state index < -0.39 is 15.8 Å². The Kier molecular flexibility index (Phi) is 11.6. The van der Waals surface area contributed by atoms with Gasteiger partial charge in [-0.3, -0.25) is 0 Å². The molecule has 0 N–H and O–H groups in total. The summed E-state index contributed by atoms with van der Waals surface area (Å²) >= 11 is -0.106. The summed E-state index contributed by atoms with van der Waals surface area (Å²) in [5.41, 5.74) is 1.10. The van der Waals surface area contributed by atoms with E-state index in [2.05, 4.69) is 135 Å². The van der Waals surface area contributed by atoms with Crippen molar-refractivity contribution in [1.29, 1.82) is 0 Å². The van der Waals surface area contributed by atoms with Crippen LogP contribution in [0.15, 0.2) is 121 Å². The fourth-order valence-corrected chi connectivity index (χ4v) is 10.1. The first-order valence-corrected chi connectivity index (χ1v) is 17.6. The maximum absolute atomic E-state index is 4.81. The third-order valence-electron chi connectivity index (χ3n) is 5.65. The summed E-state index contributed by atoms with van der Waals surface area (Å²) in [7, 11) is 8.73. The molecule has 0 aromatic heterocycles. The van der Waals surface area contributed by atoms with Gasteiger partial charge in [0.1, 0.15) is 0 Å². The van der Waals surface area contributed by atoms with Gasteiger partial charge in [-0.15, -0.1) is 0 Å². The van der Waals surface area contributed by atoms with Gasteiger partial charge in [-0.05, 0) is 48.4 Å². The van der Waals surface area contributed by atoms with Gasteiger partial charge in [-0.2, -0.15) is 0 Å². The summed E-state index contributed by atoms with van der Waals surface area (Å²) in [4.78, 5) is 0. The number of hydrogen-bond donors (Lipinski definition) is 0. The predicted molar refractivity (Wildman–Crippen MR) is 149 cm³/mol. The van der Waals surface area contributed by atoms with E-state index in [9.17, 15) is 0 Å². The van der Waals surface area contributed by atoms with Crippen LogP contribution in [0.1, 0.15) is 13.8 Å². The molecule has 0 heterocycles. The van der Waals surface area contributed by atoms with Crippen molar-refractivity contribution in [3.63, 3.8) is 0 Å². The minimum absolute atomic E-state index is 0.106. The van der Waals surface area contributed by atoms with Crippen molar-refractivity contribution in [2.75, 3.05) is 0 Å². The van der Waals surface area contributed by atoms with Gasteiger partial charge in [0.05, 0.1) is 0 Å². The quantitative estimate of drug-likeness (QED) is 0.153. The molecule has 2 unspecified atom stereocenters. The number of hydrogen-bond acceptors (Lipinski definition) is 0. The molecule has 33 heavy (non-hydrogen) atoms. The molecule has 174 valence electrons. The molecular weight excluding hydrogens is 576 g/mol. The fraction of sp³-hybridized carbons (Fsp3) is 0.143. The molecule has 0 nitrogen and oxygen atoms in total. The topological polar surface area (TPSA) is 0 Å². The molecule has 2 atom stereocenters. The van der Waals surface area contributed by atoms with Gasteiger partial charge >= 0.3 is 35.0 Å². The normalized spacial score (nSPS) is 12.8. The molecular formula is C28H28Cl2P2Pd. The van der Waals surface area contributed by atoms with Crippen molar-refractivity contribution in [3.05, 3.63) is 121 Å². The number of benzene rings is 4. The van der Waals surface area contributed by atoms with Gasteiger partial charge < -0.3 is 0 Å². The summed E-state index contributed by atoms with van der Waals surface area (Å²) in [5.74, 6) is 0. The van der Waals surface area contributed by atoms with E-state index in [4.69, 9.17) is 19.1 Å². The SMILES string of the molecule is CC(C(C)P(c1ccccc1)c1ccccc1)P(c1ccccc1)c1ccccc1.[Cl][Pd][Cl]. The second-order valence-electron chi connectivity index (χ2n) is 7.61. The summed E-state index contributed by atoms with van der Waals surface area (Å²) in [6.45, 7) is 4.94. The molecule has 0 aliphatic heterocycles. The monoisotopic (exact) mass is 602 g/mol. The van der Waals surface area contributed by atoms with Gasteiger partial charge in [-0.1, -0.05) is 135 Å². The van der Waals surface area contributed by atoms with E-state index in [0.717, 1.165) is 0 Å². The zero-order valence-electron chi connectivity index (χ0n) is 18.7. The summed E-state index contributed by atoms with van der Waals surface area (Å²) in [5, 5.41) is 5.87. The average Bonchev–Trinajstić information content (AvgIpc) is 2.87. The van der Waals surface area contributed by atoms with Crippen LogP contribution in [-0.2, 0) is 15.9 Å². The summed E-state index contributed by atoms with van der Waals surface area (Å²) < 4.78 is 0. The molecule has 5 heteroatoms. The van der Waals surface area contributed by atoms with Gasteiger partial charge in [0, 0.05) is 0 Å². The van der Waals surface area contributed by atoms with Crippen molar-refractivity contribution in [2.24, 2.45) is 0 Å². The Morgan fingerprint density at radius 2 is 0.636 bits per heavy atom. The maximum atomic E-state index is 4.81. The second-order valence-corrected chi connectivity index (χ2v) is 15.1. The third kappa shape index (κ3) is 7.48. The third-order valence-corrected chi connectivity index (χ3v) is 11.8. The van der Waals surface area contributed by atoms with Crippen molar-refractivity contribution in [2.45, 2.75) is 25.2 Å². The molecule has 0 fully saturated rings. The van der Waals surface area contributed by atoms with Crippen molar-refractivity contribution in [1.82, 2.24) is 0 Å². The summed E-state index contributed by atoms with van der Waals surface area (Å²) in [6, 6.07) is 44.5. The molecule has 4 aromatic carbocycles. The standard InChI is InChI=1S/C28H28P2.2ClH.Pd/c1-23(29(25-15-7-3-8-16-25)26-17-9-4-10-18-26)24(2)30(27-19-11-5-12-20-27)28-21-13-6-14-22-28;;;/h3-24H,1-2H3;2*1H;/q;;;+2/p-2. The Hall–Kier alpha value is -1.02. The van der Waals surface area contributed by atoms with Crippen molar-refractivity contribution in [3.8, 4) is 0 Å². The molecule has 0 bridgehead atoms. The van der Waals surface area contributed by atoms with Crippen LogP contribution in [0.2, 0.25) is 0 Å². The zero-order valence-corrected chi connectivity index (χ0v) is 23.5. The Morgan fingerprint density at radius 3 is 0.818 bits per heavy atom. The molecule has 0 amide bonds. The number of rotatable bonds is 7. The first-order valence-electron chi connectivity index (χ1n) is 10.8. The van der Waals surface area contributed by atoms with Gasteiger partial charge in [0.15, 0.2) is 0 Å². The second kappa shape index (κ2) is 14.4. The van der Waals surface area contributed by atoms with E-state index in [-0.39, 0.29) is 15.9 Å². The first kappa shape index (κ1) is 26.6. The van der Waals surface area contributed by atoms with Gasteiger partial charge in [0.25, 0.3) is 0 Å². The molecule has 0 aliphatic carbocycles. The molecule has 0 spiro atoms. The van der Waals surface area contributed by atoms with Crippen molar-refractivity contribution >= 4 is 56.1 Å². The fourth-order valence-electron chi connectivity index (χ4n) is 4.02. The van der Waals surface area contributed by atoms with Gasteiger partial charge in [0.2, 0.25) is 0 Å². The Bertz CT molecular complexity index is 884. The Labute approximate surface area is 217 Å². The first-order chi connectivity index (χ1) is 16.2. The van der Waals surface area contributed by atoms with E-state index >= 15 is 0 Å². The molecule has 0 saturated carbocycles. The molecule has 4 rings (SSSR count). The molecule has 4 aromatic rings. The van der Waals surface area contributed by atoms with Crippen LogP contribution in [0, 0.1) is 0 Å².